The van der Waals surface area contributed by atoms with Gasteiger partial charge in [0.1, 0.15) is 0 Å². The molecular weight excluding hydrogens is 270 g/mol. The summed E-state index contributed by atoms with van der Waals surface area (Å²) in [5.41, 5.74) is 2.91. The van der Waals surface area contributed by atoms with Crippen LogP contribution in [0.4, 0.5) is 0 Å². The van der Waals surface area contributed by atoms with E-state index < -0.39 is 9.84 Å². The zero-order valence-corrected chi connectivity index (χ0v) is 12.4. The highest BCUT2D eigenvalue weighted by Gasteiger charge is 2.08. The van der Waals surface area contributed by atoms with Crippen LogP contribution in [0.15, 0.2) is 59.5 Å². The number of benzene rings is 2. The van der Waals surface area contributed by atoms with Gasteiger partial charge in [0.05, 0.1) is 10.6 Å². The summed E-state index contributed by atoms with van der Waals surface area (Å²) in [6.07, 6.45) is 0. The fraction of sp³-hybridized carbons (Fsp3) is 0.250. The minimum Gasteiger partial charge on any atom is -0.309 e. The predicted molar refractivity (Wildman–Crippen MR) is 81.2 cm³/mol. The van der Waals surface area contributed by atoms with Crippen molar-refractivity contribution < 1.29 is 8.42 Å². The Morgan fingerprint density at radius 1 is 0.900 bits per heavy atom. The van der Waals surface area contributed by atoms with Gasteiger partial charge in [0.15, 0.2) is 9.84 Å². The molecule has 0 fully saturated rings. The summed E-state index contributed by atoms with van der Waals surface area (Å²) in [6, 6.07) is 17.0. The Morgan fingerprint density at radius 3 is 1.90 bits per heavy atom. The largest absolute Gasteiger partial charge is 0.309 e. The van der Waals surface area contributed by atoms with E-state index in [1.165, 1.54) is 11.1 Å². The van der Waals surface area contributed by atoms with E-state index in [2.05, 4.69) is 29.6 Å². The van der Waals surface area contributed by atoms with Gasteiger partial charge in [-0.2, -0.15) is 0 Å². The summed E-state index contributed by atoms with van der Waals surface area (Å²) in [6.45, 7) is 3.74. The molecule has 4 heteroatoms. The van der Waals surface area contributed by atoms with Crippen LogP contribution in [0.2, 0.25) is 0 Å². The first-order valence-corrected chi connectivity index (χ1v) is 8.34. The summed E-state index contributed by atoms with van der Waals surface area (Å²) in [4.78, 5) is 0.405. The van der Waals surface area contributed by atoms with Crippen LogP contribution < -0.4 is 5.32 Å². The van der Waals surface area contributed by atoms with Crippen molar-refractivity contribution in [2.24, 2.45) is 0 Å². The Kier molecular flexibility index (Phi) is 4.93. The highest BCUT2D eigenvalue weighted by Crippen LogP contribution is 2.13. The summed E-state index contributed by atoms with van der Waals surface area (Å²) in [7, 11) is -3.00. The Balaban J connectivity index is 0.000000149. The molecule has 20 heavy (non-hydrogen) atoms. The SMILES string of the molecule is CCS(=O)(=O)c1ccccc1.c1ccc2c(c1)CNC2. The number of rotatable bonds is 2. The van der Waals surface area contributed by atoms with Crippen molar-refractivity contribution >= 4 is 9.84 Å². The van der Waals surface area contributed by atoms with Crippen molar-refractivity contribution in [2.75, 3.05) is 5.75 Å². The molecule has 2 aromatic carbocycles. The van der Waals surface area contributed by atoms with Crippen LogP contribution in [0.5, 0.6) is 0 Å². The lowest BCUT2D eigenvalue weighted by atomic mass is 10.1. The van der Waals surface area contributed by atoms with Crippen LogP contribution in [-0.4, -0.2) is 14.2 Å². The molecule has 0 aliphatic carbocycles. The van der Waals surface area contributed by atoms with Gasteiger partial charge in [0, 0.05) is 13.1 Å². The molecule has 0 spiro atoms. The molecule has 2 aromatic rings. The molecule has 0 unspecified atom stereocenters. The molecule has 0 aromatic heterocycles. The third kappa shape index (κ3) is 3.68. The monoisotopic (exact) mass is 289 g/mol. The van der Waals surface area contributed by atoms with Gasteiger partial charge in [-0.3, -0.25) is 0 Å². The zero-order valence-electron chi connectivity index (χ0n) is 11.5. The van der Waals surface area contributed by atoms with E-state index in [4.69, 9.17) is 0 Å². The van der Waals surface area contributed by atoms with Gasteiger partial charge in [0.2, 0.25) is 0 Å². The number of sulfone groups is 1. The van der Waals surface area contributed by atoms with Crippen LogP contribution in [-0.2, 0) is 22.9 Å². The quantitative estimate of drug-likeness (QED) is 0.924. The number of fused-ring (bicyclic) bond motifs is 1. The van der Waals surface area contributed by atoms with Crippen molar-refractivity contribution in [3.8, 4) is 0 Å². The van der Waals surface area contributed by atoms with Gasteiger partial charge in [0.25, 0.3) is 0 Å². The first-order valence-electron chi connectivity index (χ1n) is 6.69. The fourth-order valence-electron chi connectivity index (χ4n) is 2.03. The van der Waals surface area contributed by atoms with E-state index >= 15 is 0 Å². The molecule has 0 atom stereocenters. The lowest BCUT2D eigenvalue weighted by Crippen LogP contribution is -2.02. The van der Waals surface area contributed by atoms with Crippen molar-refractivity contribution in [1.29, 1.82) is 0 Å². The summed E-state index contributed by atoms with van der Waals surface area (Å²) < 4.78 is 22.4. The molecule has 0 saturated heterocycles. The van der Waals surface area contributed by atoms with Gasteiger partial charge >= 0.3 is 0 Å². The first kappa shape index (κ1) is 14.8. The second-order valence-electron chi connectivity index (χ2n) is 4.59. The van der Waals surface area contributed by atoms with Crippen molar-refractivity contribution in [1.82, 2.24) is 5.32 Å². The molecule has 0 amide bonds. The molecule has 1 aliphatic heterocycles. The van der Waals surface area contributed by atoms with Gasteiger partial charge in [-0.1, -0.05) is 49.4 Å². The Morgan fingerprint density at radius 2 is 1.40 bits per heavy atom. The molecule has 1 heterocycles. The first-order chi connectivity index (χ1) is 9.63. The zero-order chi connectivity index (χ0) is 14.4. The number of hydrogen-bond acceptors (Lipinski definition) is 3. The molecule has 106 valence electrons. The van der Waals surface area contributed by atoms with E-state index in [1.807, 2.05) is 0 Å². The van der Waals surface area contributed by atoms with Gasteiger partial charge in [-0.05, 0) is 23.3 Å². The van der Waals surface area contributed by atoms with Crippen LogP contribution in [0, 0.1) is 0 Å². The minimum absolute atomic E-state index is 0.164. The van der Waals surface area contributed by atoms with Crippen LogP contribution in [0.1, 0.15) is 18.1 Å². The number of nitrogens with one attached hydrogen (secondary N) is 1. The molecule has 1 N–H and O–H groups in total. The van der Waals surface area contributed by atoms with Gasteiger partial charge in [-0.15, -0.1) is 0 Å². The normalized spacial score (nSPS) is 13.2. The van der Waals surface area contributed by atoms with E-state index in [9.17, 15) is 8.42 Å². The van der Waals surface area contributed by atoms with E-state index in [-0.39, 0.29) is 5.75 Å². The summed E-state index contributed by atoms with van der Waals surface area (Å²) >= 11 is 0. The topological polar surface area (TPSA) is 46.2 Å². The predicted octanol–water partition coefficient (Wildman–Crippen LogP) is 2.77. The molecule has 0 radical (unpaired) electrons. The smallest absolute Gasteiger partial charge is 0.178 e. The number of hydrogen-bond donors (Lipinski definition) is 1. The maximum Gasteiger partial charge on any atom is 0.178 e. The standard InChI is InChI=1S/C8H9N.C8H10O2S/c1-2-4-8-6-9-5-7(8)3-1;1-2-11(9,10)8-6-4-3-5-7-8/h1-4,9H,5-6H2;3-7H,2H2,1H3. The minimum atomic E-state index is -3.00. The van der Waals surface area contributed by atoms with E-state index in [0.717, 1.165) is 13.1 Å². The highest BCUT2D eigenvalue weighted by atomic mass is 32.2. The van der Waals surface area contributed by atoms with Crippen molar-refractivity contribution in [2.45, 2.75) is 24.9 Å². The maximum atomic E-state index is 11.2. The summed E-state index contributed by atoms with van der Waals surface area (Å²) in [5.74, 6) is 0.164. The lowest BCUT2D eigenvalue weighted by Gasteiger charge is -1.98. The molecule has 1 aliphatic rings. The Hall–Kier alpha value is -1.65. The van der Waals surface area contributed by atoms with Crippen LogP contribution in [0.25, 0.3) is 0 Å². The molecule has 0 bridgehead atoms. The third-order valence-electron chi connectivity index (χ3n) is 3.23. The van der Waals surface area contributed by atoms with Crippen LogP contribution >= 0.6 is 0 Å². The van der Waals surface area contributed by atoms with E-state index in [1.54, 1.807) is 37.3 Å². The van der Waals surface area contributed by atoms with Crippen LogP contribution in [0.3, 0.4) is 0 Å². The van der Waals surface area contributed by atoms with Gasteiger partial charge in [-0.25, -0.2) is 8.42 Å². The average Bonchev–Trinajstić information content (AvgIpc) is 2.97. The average molecular weight is 289 g/mol. The summed E-state index contributed by atoms with van der Waals surface area (Å²) in [5, 5.41) is 3.29. The third-order valence-corrected chi connectivity index (χ3v) is 4.98. The van der Waals surface area contributed by atoms with Gasteiger partial charge < -0.3 is 5.32 Å². The van der Waals surface area contributed by atoms with E-state index in [0.29, 0.717) is 4.90 Å². The second-order valence-corrected chi connectivity index (χ2v) is 6.87. The molecule has 0 saturated carbocycles. The molecular formula is C16H19NO2S. The maximum absolute atomic E-state index is 11.2. The fourth-order valence-corrected chi connectivity index (χ4v) is 2.93. The van der Waals surface area contributed by atoms with Crippen molar-refractivity contribution in [3.63, 3.8) is 0 Å². The van der Waals surface area contributed by atoms with Crippen molar-refractivity contribution in [3.05, 3.63) is 65.7 Å². The Bertz CT molecular complexity index is 628. The molecule has 3 rings (SSSR count). The lowest BCUT2D eigenvalue weighted by molar-refractivity contribution is 0.597. The molecule has 3 nitrogen and oxygen atoms in total. The second kappa shape index (κ2) is 6.68. The Labute approximate surface area is 120 Å². The highest BCUT2D eigenvalue weighted by molar-refractivity contribution is 7.91.